The molecule has 0 unspecified atom stereocenters. The fraction of sp³-hybridized carbons (Fsp3) is 0.417. The summed E-state index contributed by atoms with van der Waals surface area (Å²) in [5.74, 6) is 0.985. The Hall–Kier alpha value is -3.64. The number of aryl methyl sites for hydroxylation is 1. The molecule has 188 valence electrons. The summed E-state index contributed by atoms with van der Waals surface area (Å²) in [6.07, 6.45) is 2.81. The van der Waals surface area contributed by atoms with Crippen LogP contribution in [-0.2, 0) is 22.5 Å². The highest BCUT2D eigenvalue weighted by Crippen LogP contribution is 2.37. The smallest absolute Gasteiger partial charge is 0.350 e. The molecule has 1 fully saturated rings. The number of fused-ring (bicyclic) bond motifs is 1. The van der Waals surface area contributed by atoms with Crippen LogP contribution >= 0.6 is 11.3 Å². The number of hydrogen-bond acceptors (Lipinski definition) is 11. The fourth-order valence-electron chi connectivity index (χ4n) is 4.35. The Kier molecular flexibility index (Phi) is 6.79. The molecule has 0 radical (unpaired) electrons. The van der Waals surface area contributed by atoms with Crippen molar-refractivity contribution < 1.29 is 19.4 Å². The van der Waals surface area contributed by atoms with Crippen LogP contribution in [0.1, 0.15) is 46.4 Å². The predicted octanol–water partition coefficient (Wildman–Crippen LogP) is 2.61. The van der Waals surface area contributed by atoms with Crippen molar-refractivity contribution in [3.05, 3.63) is 46.2 Å². The molecule has 3 aromatic rings. The number of ether oxygens (including phenoxy) is 1. The van der Waals surface area contributed by atoms with Crippen LogP contribution in [0.3, 0.4) is 0 Å². The Morgan fingerprint density at radius 1 is 1.22 bits per heavy atom. The molecule has 0 aromatic carbocycles. The van der Waals surface area contributed by atoms with E-state index < -0.39 is 5.97 Å². The Balaban J connectivity index is 1.51. The number of nitrogens with zero attached hydrogens (tertiary/aromatic N) is 6. The molecular weight excluding hydrogens is 482 g/mol. The molecule has 0 atom stereocenters. The van der Waals surface area contributed by atoms with Crippen LogP contribution in [0.15, 0.2) is 24.4 Å². The molecule has 12 heteroatoms. The van der Waals surface area contributed by atoms with E-state index in [0.717, 1.165) is 11.3 Å². The van der Waals surface area contributed by atoms with Crippen LogP contribution in [0.5, 0.6) is 0 Å². The second-order valence-electron chi connectivity index (χ2n) is 8.65. The van der Waals surface area contributed by atoms with Gasteiger partial charge in [-0.25, -0.2) is 9.78 Å². The molecule has 3 aromatic heterocycles. The van der Waals surface area contributed by atoms with Crippen LogP contribution in [0.4, 0.5) is 22.7 Å². The monoisotopic (exact) mass is 509 g/mol. The summed E-state index contributed by atoms with van der Waals surface area (Å²) in [5, 5.41) is 13.6. The van der Waals surface area contributed by atoms with Crippen LogP contribution in [0.2, 0.25) is 0 Å². The van der Waals surface area contributed by atoms with Crippen molar-refractivity contribution in [3.63, 3.8) is 0 Å². The van der Waals surface area contributed by atoms with E-state index in [1.807, 2.05) is 18.2 Å². The van der Waals surface area contributed by atoms with E-state index in [1.165, 1.54) is 11.3 Å². The number of piperidine rings is 1. The third-order valence-corrected chi connectivity index (χ3v) is 7.19. The molecule has 5 rings (SSSR count). The Bertz CT molecular complexity index is 1270. The average molecular weight is 510 g/mol. The minimum atomic E-state index is -0.421. The zero-order valence-corrected chi connectivity index (χ0v) is 20.9. The number of nitrogens with one attached hydrogen (secondary N) is 1. The second-order valence-corrected chi connectivity index (χ2v) is 9.65. The number of rotatable bonds is 7. The Morgan fingerprint density at radius 2 is 2.00 bits per heavy atom. The van der Waals surface area contributed by atoms with E-state index in [4.69, 9.17) is 14.7 Å². The van der Waals surface area contributed by atoms with Crippen molar-refractivity contribution in [1.82, 2.24) is 19.9 Å². The van der Waals surface area contributed by atoms with E-state index in [1.54, 1.807) is 24.9 Å². The predicted molar refractivity (Wildman–Crippen MR) is 135 cm³/mol. The summed E-state index contributed by atoms with van der Waals surface area (Å²) >= 11 is 1.17. The number of aliphatic hydroxyl groups is 1. The van der Waals surface area contributed by atoms with Gasteiger partial charge in [0.05, 0.1) is 37.1 Å². The minimum absolute atomic E-state index is 0.0740. The molecule has 36 heavy (non-hydrogen) atoms. The van der Waals surface area contributed by atoms with E-state index in [2.05, 4.69) is 20.2 Å². The van der Waals surface area contributed by atoms with Gasteiger partial charge in [-0.3, -0.25) is 20.0 Å². The maximum Gasteiger partial charge on any atom is 0.350 e. The zero-order valence-electron chi connectivity index (χ0n) is 20.1. The number of aliphatic hydroxyl groups excluding tert-OH is 1. The molecule has 11 nitrogen and oxygen atoms in total. The SMILES string of the molecule is CCOC(=O)c1sc(Nc2nc(N3CCC(O)CC3)c3c(n2)N(Cc2ccccn2)C(=O)C3)nc1C. The van der Waals surface area contributed by atoms with Crippen molar-refractivity contribution in [3.8, 4) is 0 Å². The maximum absolute atomic E-state index is 13.1. The lowest BCUT2D eigenvalue weighted by Crippen LogP contribution is -2.37. The van der Waals surface area contributed by atoms with Crippen LogP contribution in [0.25, 0.3) is 0 Å². The van der Waals surface area contributed by atoms with Gasteiger partial charge in [0.15, 0.2) is 5.13 Å². The van der Waals surface area contributed by atoms with Crippen molar-refractivity contribution in [2.24, 2.45) is 0 Å². The van der Waals surface area contributed by atoms with Crippen molar-refractivity contribution in [2.75, 3.05) is 34.8 Å². The summed E-state index contributed by atoms with van der Waals surface area (Å²) in [5.41, 5.74) is 2.07. The number of esters is 1. The normalized spacial score (nSPS) is 15.8. The number of thiazole rings is 1. The van der Waals surface area contributed by atoms with E-state index in [9.17, 15) is 14.7 Å². The molecule has 0 aliphatic carbocycles. The number of hydrogen-bond donors (Lipinski definition) is 2. The van der Waals surface area contributed by atoms with E-state index >= 15 is 0 Å². The summed E-state index contributed by atoms with van der Waals surface area (Å²) in [6.45, 7) is 5.33. The Labute approximate surface area is 212 Å². The van der Waals surface area contributed by atoms with Gasteiger partial charge in [-0.2, -0.15) is 9.97 Å². The topological polar surface area (TPSA) is 134 Å². The summed E-state index contributed by atoms with van der Waals surface area (Å²) in [4.78, 5) is 47.7. The van der Waals surface area contributed by atoms with Crippen LogP contribution in [0, 0.1) is 6.92 Å². The molecule has 1 amide bonds. The molecule has 0 saturated carbocycles. The van der Waals surface area contributed by atoms with Crippen molar-refractivity contribution in [1.29, 1.82) is 0 Å². The van der Waals surface area contributed by atoms with Gasteiger partial charge in [0.1, 0.15) is 16.5 Å². The summed E-state index contributed by atoms with van der Waals surface area (Å²) < 4.78 is 5.12. The molecular formula is C24H27N7O4S. The third-order valence-electron chi connectivity index (χ3n) is 6.13. The van der Waals surface area contributed by atoms with Crippen molar-refractivity contribution >= 4 is 45.9 Å². The van der Waals surface area contributed by atoms with E-state index in [-0.39, 0.29) is 31.0 Å². The van der Waals surface area contributed by atoms with Crippen molar-refractivity contribution in [2.45, 2.75) is 45.8 Å². The number of aromatic nitrogens is 4. The largest absolute Gasteiger partial charge is 0.462 e. The molecule has 5 heterocycles. The maximum atomic E-state index is 13.1. The number of pyridine rings is 1. The lowest BCUT2D eigenvalue weighted by molar-refractivity contribution is -0.117. The quantitative estimate of drug-likeness (QED) is 0.458. The van der Waals surface area contributed by atoms with Gasteiger partial charge in [-0.1, -0.05) is 17.4 Å². The summed E-state index contributed by atoms with van der Waals surface area (Å²) in [7, 11) is 0. The standard InChI is InChI=1S/C24H27N7O4S/c1-3-35-22(34)19-14(2)26-24(36-19)29-23-27-20(30-10-7-16(32)8-11-30)17-12-18(33)31(21(17)28-23)13-15-6-4-5-9-25-15/h4-6,9,16,32H,3,7-8,10-13H2,1-2H3,(H,26,27,28,29). The number of carbonyl (C=O) groups excluding carboxylic acids is 2. The lowest BCUT2D eigenvalue weighted by atomic mass is 10.1. The molecule has 0 spiro atoms. The average Bonchev–Trinajstić information content (AvgIpc) is 3.39. The first-order valence-electron chi connectivity index (χ1n) is 11.9. The van der Waals surface area contributed by atoms with Gasteiger partial charge in [0.25, 0.3) is 0 Å². The van der Waals surface area contributed by atoms with Gasteiger partial charge >= 0.3 is 5.97 Å². The minimum Gasteiger partial charge on any atom is -0.462 e. The van der Waals surface area contributed by atoms with Crippen LogP contribution < -0.4 is 15.1 Å². The highest BCUT2D eigenvalue weighted by atomic mass is 32.1. The van der Waals surface area contributed by atoms with Gasteiger partial charge in [0.2, 0.25) is 11.9 Å². The first-order chi connectivity index (χ1) is 17.4. The van der Waals surface area contributed by atoms with Gasteiger partial charge in [-0.15, -0.1) is 0 Å². The third kappa shape index (κ3) is 4.86. The number of carbonyl (C=O) groups is 2. The number of anilines is 4. The zero-order chi connectivity index (χ0) is 25.2. The van der Waals surface area contributed by atoms with Gasteiger partial charge in [-0.05, 0) is 38.8 Å². The van der Waals surface area contributed by atoms with Gasteiger partial charge < -0.3 is 14.7 Å². The molecule has 2 aliphatic heterocycles. The summed E-state index contributed by atoms with van der Waals surface area (Å²) in [6, 6.07) is 5.58. The first kappa shape index (κ1) is 24.1. The second kappa shape index (κ2) is 10.2. The molecule has 2 N–H and O–H groups in total. The molecule has 1 saturated heterocycles. The first-order valence-corrected chi connectivity index (χ1v) is 12.7. The molecule has 0 bridgehead atoms. The number of amides is 1. The van der Waals surface area contributed by atoms with Gasteiger partial charge in [0, 0.05) is 24.8 Å². The fourth-order valence-corrected chi connectivity index (χ4v) is 5.20. The Morgan fingerprint density at radius 3 is 2.72 bits per heavy atom. The molecule has 2 aliphatic rings. The van der Waals surface area contributed by atoms with Crippen LogP contribution in [-0.4, -0.2) is 62.7 Å². The highest BCUT2D eigenvalue weighted by molar-refractivity contribution is 7.17. The van der Waals surface area contributed by atoms with E-state index in [0.29, 0.717) is 59.8 Å². The highest BCUT2D eigenvalue weighted by Gasteiger charge is 2.35. The lowest BCUT2D eigenvalue weighted by Gasteiger charge is -2.31.